The fourth-order valence-electron chi connectivity index (χ4n) is 5.95. The quantitative estimate of drug-likeness (QED) is 0.572. The number of methoxy groups -OCH3 is 1. The number of allylic oxidation sites excluding steroid dienone is 3. The lowest BCUT2D eigenvalue weighted by molar-refractivity contribution is -0.118. The van der Waals surface area contributed by atoms with Crippen LogP contribution in [0.25, 0.3) is 0 Å². The molecule has 2 aromatic carbocycles. The molecule has 2 aliphatic heterocycles. The smallest absolute Gasteiger partial charge is 0.243 e. The first-order valence-electron chi connectivity index (χ1n) is 13.3. The van der Waals surface area contributed by atoms with E-state index in [9.17, 15) is 18.5 Å². The minimum atomic E-state index is -3.60. The molecule has 2 heterocycles. The van der Waals surface area contributed by atoms with Gasteiger partial charge in [-0.3, -0.25) is 9.69 Å². The van der Waals surface area contributed by atoms with Crippen LogP contribution in [0.15, 0.2) is 76.1 Å². The second-order valence-corrected chi connectivity index (χ2v) is 13.2. The van der Waals surface area contributed by atoms with Crippen molar-refractivity contribution in [3.8, 4) is 11.8 Å². The van der Waals surface area contributed by atoms with Crippen LogP contribution in [0.5, 0.6) is 5.75 Å². The molecule has 1 aliphatic carbocycles. The summed E-state index contributed by atoms with van der Waals surface area (Å²) in [5.74, 6) is 0.317. The Hall–Kier alpha value is -3.61. The Morgan fingerprint density at radius 2 is 1.64 bits per heavy atom. The second kappa shape index (κ2) is 10.2. The van der Waals surface area contributed by atoms with Gasteiger partial charge in [0.05, 0.1) is 29.6 Å². The molecular formula is C30H34N4O4S. The molecule has 3 aliphatic rings. The molecule has 0 bridgehead atoms. The summed E-state index contributed by atoms with van der Waals surface area (Å²) in [6.45, 7) is 5.14. The van der Waals surface area contributed by atoms with Crippen molar-refractivity contribution in [2.45, 2.75) is 56.8 Å². The molecule has 8 nitrogen and oxygen atoms in total. The summed E-state index contributed by atoms with van der Waals surface area (Å²) in [6, 6.07) is 16.2. The number of hydrogen-bond donors (Lipinski definition) is 1. The number of carbonyl (C=O) groups is 1. The van der Waals surface area contributed by atoms with Gasteiger partial charge in [-0.25, -0.2) is 8.42 Å². The molecule has 1 atom stereocenters. The summed E-state index contributed by atoms with van der Waals surface area (Å²) in [7, 11) is -2.01. The molecule has 0 spiro atoms. The number of ketones is 1. The van der Waals surface area contributed by atoms with Crippen molar-refractivity contribution < 1.29 is 17.9 Å². The van der Waals surface area contributed by atoms with E-state index in [0.717, 1.165) is 30.5 Å². The maximum absolute atomic E-state index is 13.7. The summed E-state index contributed by atoms with van der Waals surface area (Å²) >= 11 is 0. The van der Waals surface area contributed by atoms with E-state index in [0.29, 0.717) is 42.9 Å². The topological polar surface area (TPSA) is 117 Å². The SMILES string of the molecule is COc1ccc(C2C(C#N)=C(N)N(c3ccc(S(=O)(=O)N4CCCCC4)cc3)C3=C2C(=O)CC(C)(C)C3)cc1. The molecule has 204 valence electrons. The number of rotatable bonds is 5. The average molecular weight is 547 g/mol. The molecule has 0 aromatic heterocycles. The van der Waals surface area contributed by atoms with Gasteiger partial charge in [0.25, 0.3) is 0 Å². The zero-order chi connectivity index (χ0) is 27.9. The van der Waals surface area contributed by atoms with E-state index in [2.05, 4.69) is 6.07 Å². The molecule has 1 saturated heterocycles. The molecule has 0 radical (unpaired) electrons. The zero-order valence-electron chi connectivity index (χ0n) is 22.6. The van der Waals surface area contributed by atoms with Crippen molar-refractivity contribution in [2.24, 2.45) is 11.1 Å². The van der Waals surface area contributed by atoms with Crippen LogP contribution >= 0.6 is 0 Å². The average Bonchev–Trinajstić information content (AvgIpc) is 2.92. The highest BCUT2D eigenvalue weighted by molar-refractivity contribution is 7.89. The van der Waals surface area contributed by atoms with Crippen molar-refractivity contribution in [3.63, 3.8) is 0 Å². The maximum atomic E-state index is 13.7. The van der Waals surface area contributed by atoms with Crippen molar-refractivity contribution in [1.82, 2.24) is 4.31 Å². The van der Waals surface area contributed by atoms with Gasteiger partial charge in [-0.05, 0) is 66.6 Å². The molecule has 5 rings (SSSR count). The Balaban J connectivity index is 1.61. The summed E-state index contributed by atoms with van der Waals surface area (Å²) in [4.78, 5) is 15.7. The van der Waals surface area contributed by atoms with Crippen LogP contribution in [0.1, 0.15) is 57.4 Å². The number of hydrogen-bond acceptors (Lipinski definition) is 7. The number of piperidine rings is 1. The normalized spacial score (nSPS) is 21.9. The van der Waals surface area contributed by atoms with Gasteiger partial charge >= 0.3 is 0 Å². The number of anilines is 1. The number of sulfonamides is 1. The maximum Gasteiger partial charge on any atom is 0.243 e. The third-order valence-electron chi connectivity index (χ3n) is 7.88. The van der Waals surface area contributed by atoms with E-state index in [1.54, 1.807) is 36.3 Å². The van der Waals surface area contributed by atoms with E-state index in [1.165, 1.54) is 4.31 Å². The van der Waals surface area contributed by atoms with Gasteiger partial charge < -0.3 is 10.5 Å². The lowest BCUT2D eigenvalue weighted by atomic mass is 9.68. The molecule has 39 heavy (non-hydrogen) atoms. The number of benzene rings is 2. The molecular weight excluding hydrogens is 512 g/mol. The zero-order valence-corrected chi connectivity index (χ0v) is 23.4. The van der Waals surface area contributed by atoms with Crippen molar-refractivity contribution in [3.05, 3.63) is 76.8 Å². The largest absolute Gasteiger partial charge is 0.497 e. The first kappa shape index (κ1) is 27.0. The van der Waals surface area contributed by atoms with Gasteiger partial charge in [0.1, 0.15) is 11.6 Å². The van der Waals surface area contributed by atoms with Gasteiger partial charge in [-0.1, -0.05) is 32.4 Å². The Labute approximate surface area is 230 Å². The first-order chi connectivity index (χ1) is 18.6. The van der Waals surface area contributed by atoms with E-state index < -0.39 is 15.9 Å². The summed E-state index contributed by atoms with van der Waals surface area (Å²) in [6.07, 6.45) is 3.70. The van der Waals surface area contributed by atoms with E-state index in [4.69, 9.17) is 10.5 Å². The number of nitrogens with zero attached hydrogens (tertiary/aromatic N) is 3. The minimum absolute atomic E-state index is 0.0170. The van der Waals surface area contributed by atoms with E-state index in [-0.39, 0.29) is 27.5 Å². The van der Waals surface area contributed by atoms with Crippen LogP contribution in [0.3, 0.4) is 0 Å². The van der Waals surface area contributed by atoms with Crippen molar-refractivity contribution in [1.29, 1.82) is 5.26 Å². The molecule has 2 aromatic rings. The number of nitrogens with two attached hydrogens (primary N) is 1. The van der Waals surface area contributed by atoms with E-state index in [1.807, 2.05) is 38.1 Å². The third kappa shape index (κ3) is 4.83. The molecule has 0 saturated carbocycles. The summed E-state index contributed by atoms with van der Waals surface area (Å²) in [5.41, 5.74) is 9.42. The number of Topliss-reactive ketones (excluding diaryl/α,β-unsaturated/α-hetero) is 1. The first-order valence-corrected chi connectivity index (χ1v) is 14.7. The summed E-state index contributed by atoms with van der Waals surface area (Å²) in [5, 5.41) is 10.3. The van der Waals surface area contributed by atoms with Gasteiger partial charge in [-0.2, -0.15) is 9.57 Å². The fourth-order valence-corrected chi connectivity index (χ4v) is 7.47. The van der Waals surface area contributed by atoms with Crippen LogP contribution in [-0.2, 0) is 14.8 Å². The molecule has 9 heteroatoms. The lowest BCUT2D eigenvalue weighted by Crippen LogP contribution is -2.42. The third-order valence-corrected chi connectivity index (χ3v) is 9.79. The molecule has 1 unspecified atom stereocenters. The van der Waals surface area contributed by atoms with Gasteiger partial charge in [-0.15, -0.1) is 0 Å². The fraction of sp³-hybridized carbons (Fsp3) is 0.400. The van der Waals surface area contributed by atoms with E-state index >= 15 is 0 Å². The monoisotopic (exact) mass is 546 g/mol. The molecule has 0 amide bonds. The highest BCUT2D eigenvalue weighted by Gasteiger charge is 2.44. The van der Waals surface area contributed by atoms with Crippen LogP contribution in [0, 0.1) is 16.7 Å². The van der Waals surface area contributed by atoms with Crippen LogP contribution in [-0.4, -0.2) is 38.7 Å². The van der Waals surface area contributed by atoms with Gasteiger partial charge in [0, 0.05) is 36.5 Å². The minimum Gasteiger partial charge on any atom is -0.497 e. The highest BCUT2D eigenvalue weighted by Crippen LogP contribution is 2.50. The number of carbonyl (C=O) groups excluding carboxylic acids is 1. The van der Waals surface area contributed by atoms with Crippen LogP contribution in [0.2, 0.25) is 0 Å². The Kier molecular flexibility index (Phi) is 7.04. The highest BCUT2D eigenvalue weighted by atomic mass is 32.2. The number of nitriles is 1. The summed E-state index contributed by atoms with van der Waals surface area (Å²) < 4.78 is 33.3. The van der Waals surface area contributed by atoms with Gasteiger partial charge in [0.2, 0.25) is 10.0 Å². The molecule has 1 fully saturated rings. The standard InChI is InChI=1S/C30H34N4O4S/c1-30(2)17-25-28(26(35)18-30)27(20-7-11-22(38-3)12-8-20)24(19-31)29(32)34(25)21-9-13-23(14-10-21)39(36,37)33-15-5-4-6-16-33/h7-14,27H,4-6,15-18,32H2,1-3H3. The lowest BCUT2D eigenvalue weighted by Gasteiger charge is -2.43. The Morgan fingerprint density at radius 3 is 2.23 bits per heavy atom. The Bertz CT molecular complexity index is 1490. The predicted molar refractivity (Wildman–Crippen MR) is 149 cm³/mol. The van der Waals surface area contributed by atoms with Gasteiger partial charge in [0.15, 0.2) is 5.78 Å². The van der Waals surface area contributed by atoms with Crippen molar-refractivity contribution in [2.75, 3.05) is 25.1 Å². The molecule has 2 N–H and O–H groups in total. The Morgan fingerprint density at radius 1 is 1.00 bits per heavy atom. The van der Waals surface area contributed by atoms with Crippen LogP contribution < -0.4 is 15.4 Å². The van der Waals surface area contributed by atoms with Crippen molar-refractivity contribution >= 4 is 21.5 Å². The number of ether oxygens (including phenoxy) is 1. The van der Waals surface area contributed by atoms with Crippen LogP contribution in [0.4, 0.5) is 5.69 Å². The predicted octanol–water partition coefficient (Wildman–Crippen LogP) is 4.81. The second-order valence-electron chi connectivity index (χ2n) is 11.2.